The van der Waals surface area contributed by atoms with Gasteiger partial charge >= 0.3 is 0 Å². The molecule has 0 aliphatic rings. The first-order valence-electron chi connectivity index (χ1n) is 9.19. The molecule has 3 aromatic rings. The Bertz CT molecular complexity index is 1180. The molecule has 0 radical (unpaired) electrons. The number of anilines is 2. The highest BCUT2D eigenvalue weighted by Gasteiger charge is 2.16. The summed E-state index contributed by atoms with van der Waals surface area (Å²) in [6.07, 6.45) is 2.99. The lowest BCUT2D eigenvalue weighted by atomic mass is 10.1. The molecule has 0 fully saturated rings. The number of nitrogens with one attached hydrogen (secondary N) is 2. The molecule has 0 bridgehead atoms. The molecule has 3 aromatic carbocycles. The van der Waals surface area contributed by atoms with E-state index in [2.05, 4.69) is 10.0 Å². The number of halogens is 1. The van der Waals surface area contributed by atoms with Gasteiger partial charge in [0.15, 0.2) is 0 Å². The number of sulfonamides is 1. The molecule has 0 aliphatic heterocycles. The molecule has 0 saturated carbocycles. The topological polar surface area (TPSA) is 75.3 Å². The van der Waals surface area contributed by atoms with Gasteiger partial charge in [0.1, 0.15) is 0 Å². The van der Waals surface area contributed by atoms with Crippen molar-refractivity contribution in [1.29, 1.82) is 0 Å². The minimum atomic E-state index is -3.75. The Kier molecular flexibility index (Phi) is 6.59. The predicted octanol–water partition coefficient (Wildman–Crippen LogP) is 5.41. The summed E-state index contributed by atoms with van der Waals surface area (Å²) in [6, 6.07) is 18.7. The number of para-hydroxylation sites is 1. The Morgan fingerprint density at radius 3 is 2.17 bits per heavy atom. The zero-order valence-electron chi connectivity index (χ0n) is 16.5. The van der Waals surface area contributed by atoms with Crippen LogP contribution < -0.4 is 10.0 Å². The molecule has 1 amide bonds. The maximum Gasteiger partial charge on any atom is 0.261 e. The van der Waals surface area contributed by atoms with Crippen LogP contribution in [-0.2, 0) is 14.8 Å². The normalized spacial score (nSPS) is 11.4. The van der Waals surface area contributed by atoms with E-state index in [1.807, 2.05) is 44.2 Å². The molecule has 2 N–H and O–H groups in total. The Labute approximate surface area is 181 Å². The molecule has 0 atom stereocenters. The highest BCUT2D eigenvalue weighted by molar-refractivity contribution is 7.92. The first-order chi connectivity index (χ1) is 14.3. The summed E-state index contributed by atoms with van der Waals surface area (Å²) in [7, 11) is -3.75. The third-order valence-electron chi connectivity index (χ3n) is 4.47. The van der Waals surface area contributed by atoms with Crippen molar-refractivity contribution < 1.29 is 13.2 Å². The van der Waals surface area contributed by atoms with Crippen molar-refractivity contribution >= 4 is 45.0 Å². The Hall–Kier alpha value is -3.09. The average Bonchev–Trinajstić information content (AvgIpc) is 2.71. The molecule has 0 saturated heterocycles. The second kappa shape index (κ2) is 9.15. The Morgan fingerprint density at radius 1 is 0.900 bits per heavy atom. The van der Waals surface area contributed by atoms with Crippen molar-refractivity contribution in [3.63, 3.8) is 0 Å². The van der Waals surface area contributed by atoms with Crippen molar-refractivity contribution in [2.45, 2.75) is 18.7 Å². The summed E-state index contributed by atoms with van der Waals surface area (Å²) in [5.41, 5.74) is 3.46. The van der Waals surface area contributed by atoms with Crippen LogP contribution in [0.25, 0.3) is 6.08 Å². The summed E-state index contributed by atoms with van der Waals surface area (Å²) in [6.45, 7) is 3.69. The molecule has 0 unspecified atom stereocenters. The predicted molar refractivity (Wildman–Crippen MR) is 122 cm³/mol. The number of benzene rings is 3. The van der Waals surface area contributed by atoms with Crippen molar-refractivity contribution in [3.8, 4) is 0 Å². The zero-order valence-corrected chi connectivity index (χ0v) is 18.1. The SMILES string of the molecule is Cc1cccc(C)c1NS(=O)(=O)c1ccc(NC(=O)C=Cc2ccccc2Cl)cc1. The number of hydrogen-bond acceptors (Lipinski definition) is 3. The van der Waals surface area contributed by atoms with E-state index in [-0.39, 0.29) is 10.8 Å². The Balaban J connectivity index is 1.70. The number of amides is 1. The highest BCUT2D eigenvalue weighted by atomic mass is 35.5. The van der Waals surface area contributed by atoms with Crippen LogP contribution in [0.1, 0.15) is 16.7 Å². The third kappa shape index (κ3) is 5.28. The van der Waals surface area contributed by atoms with Crippen LogP contribution in [0.3, 0.4) is 0 Å². The minimum absolute atomic E-state index is 0.106. The van der Waals surface area contributed by atoms with E-state index in [4.69, 9.17) is 11.6 Å². The second-order valence-electron chi connectivity index (χ2n) is 6.74. The summed E-state index contributed by atoms with van der Waals surface area (Å²) in [5.74, 6) is -0.348. The molecular formula is C23H21ClN2O3S. The van der Waals surface area contributed by atoms with Crippen LogP contribution in [0.2, 0.25) is 5.02 Å². The summed E-state index contributed by atoms with van der Waals surface area (Å²) in [5, 5.41) is 3.24. The van der Waals surface area contributed by atoms with Crippen molar-refractivity contribution in [2.75, 3.05) is 10.0 Å². The molecule has 0 spiro atoms. The fourth-order valence-corrected chi connectivity index (χ4v) is 4.25. The lowest BCUT2D eigenvalue weighted by Gasteiger charge is -2.13. The molecule has 7 heteroatoms. The summed E-state index contributed by atoms with van der Waals surface area (Å²) in [4.78, 5) is 12.2. The summed E-state index contributed by atoms with van der Waals surface area (Å²) >= 11 is 6.06. The largest absolute Gasteiger partial charge is 0.323 e. The van der Waals surface area contributed by atoms with Gasteiger partial charge in [-0.2, -0.15) is 0 Å². The number of carbonyl (C=O) groups excluding carboxylic acids is 1. The van der Waals surface area contributed by atoms with E-state index in [0.717, 1.165) is 16.7 Å². The highest BCUT2D eigenvalue weighted by Crippen LogP contribution is 2.24. The fraction of sp³-hybridized carbons (Fsp3) is 0.0870. The third-order valence-corrected chi connectivity index (χ3v) is 6.18. The maximum absolute atomic E-state index is 12.7. The van der Waals surface area contributed by atoms with Gasteiger partial charge in [-0.1, -0.05) is 48.0 Å². The van der Waals surface area contributed by atoms with Gasteiger partial charge in [0.05, 0.1) is 10.6 Å². The van der Waals surface area contributed by atoms with Crippen LogP contribution in [0.15, 0.2) is 77.7 Å². The van der Waals surface area contributed by atoms with Gasteiger partial charge in [-0.05, 0) is 66.9 Å². The number of aryl methyl sites for hydroxylation is 2. The van der Waals surface area contributed by atoms with Crippen LogP contribution in [-0.4, -0.2) is 14.3 Å². The lowest BCUT2D eigenvalue weighted by Crippen LogP contribution is -2.15. The smallest absolute Gasteiger partial charge is 0.261 e. The van der Waals surface area contributed by atoms with Gasteiger partial charge in [-0.15, -0.1) is 0 Å². The first-order valence-corrected chi connectivity index (χ1v) is 11.0. The maximum atomic E-state index is 12.7. The fourth-order valence-electron chi connectivity index (χ4n) is 2.85. The van der Waals surface area contributed by atoms with Gasteiger partial charge in [0.2, 0.25) is 5.91 Å². The van der Waals surface area contributed by atoms with Crippen molar-refractivity contribution in [1.82, 2.24) is 0 Å². The first kappa shape index (κ1) is 21.6. The van der Waals surface area contributed by atoms with Gasteiger partial charge in [-0.25, -0.2) is 8.42 Å². The number of hydrogen-bond donors (Lipinski definition) is 2. The molecular weight excluding hydrogens is 420 g/mol. The van der Waals surface area contributed by atoms with Crippen LogP contribution in [0, 0.1) is 13.8 Å². The average molecular weight is 441 g/mol. The molecule has 3 rings (SSSR count). The monoisotopic (exact) mass is 440 g/mol. The van der Waals surface area contributed by atoms with E-state index >= 15 is 0 Å². The van der Waals surface area contributed by atoms with Crippen LogP contribution in [0.5, 0.6) is 0 Å². The quantitative estimate of drug-likeness (QED) is 0.503. The Morgan fingerprint density at radius 2 is 1.53 bits per heavy atom. The summed E-state index contributed by atoms with van der Waals surface area (Å²) < 4.78 is 28.1. The minimum Gasteiger partial charge on any atom is -0.323 e. The van der Waals surface area contributed by atoms with E-state index in [9.17, 15) is 13.2 Å². The zero-order chi connectivity index (χ0) is 21.7. The van der Waals surface area contributed by atoms with Gasteiger partial charge in [-0.3, -0.25) is 9.52 Å². The van der Waals surface area contributed by atoms with Gasteiger partial charge in [0, 0.05) is 16.8 Å². The standard InChI is InChI=1S/C23H21ClN2O3S/c1-16-6-5-7-17(2)23(16)26-30(28,29)20-13-11-19(12-14-20)25-22(27)15-10-18-8-3-4-9-21(18)24/h3-15,26H,1-2H3,(H,25,27). The van der Waals surface area contributed by atoms with Crippen molar-refractivity contribution in [2.24, 2.45) is 0 Å². The molecule has 0 heterocycles. The van der Waals surface area contributed by atoms with Gasteiger partial charge in [0.25, 0.3) is 10.0 Å². The molecule has 30 heavy (non-hydrogen) atoms. The number of carbonyl (C=O) groups is 1. The molecule has 0 aliphatic carbocycles. The van der Waals surface area contributed by atoms with E-state index in [0.29, 0.717) is 16.4 Å². The molecule has 5 nitrogen and oxygen atoms in total. The van der Waals surface area contributed by atoms with Crippen molar-refractivity contribution in [3.05, 3.63) is 94.5 Å². The van der Waals surface area contributed by atoms with Gasteiger partial charge < -0.3 is 5.32 Å². The lowest BCUT2D eigenvalue weighted by molar-refractivity contribution is -0.111. The van der Waals surface area contributed by atoms with E-state index in [1.54, 1.807) is 30.3 Å². The van der Waals surface area contributed by atoms with E-state index in [1.165, 1.54) is 18.2 Å². The molecule has 0 aromatic heterocycles. The van der Waals surface area contributed by atoms with Crippen LogP contribution in [0.4, 0.5) is 11.4 Å². The molecule has 154 valence electrons. The number of rotatable bonds is 6. The second-order valence-corrected chi connectivity index (χ2v) is 8.83. The van der Waals surface area contributed by atoms with E-state index < -0.39 is 10.0 Å². The van der Waals surface area contributed by atoms with Crippen LogP contribution >= 0.6 is 11.6 Å².